The molecule has 0 unspecified atom stereocenters. The van der Waals surface area contributed by atoms with Crippen LogP contribution in [0.5, 0.6) is 0 Å². The minimum Gasteiger partial charge on any atom is -0.343 e. The van der Waals surface area contributed by atoms with Gasteiger partial charge in [-0.05, 0) is 41.3 Å². The molecule has 0 aliphatic rings. The van der Waals surface area contributed by atoms with E-state index in [-0.39, 0.29) is 5.82 Å². The topological polar surface area (TPSA) is 17.8 Å². The van der Waals surface area contributed by atoms with Gasteiger partial charge in [0.2, 0.25) is 0 Å². The van der Waals surface area contributed by atoms with Crippen LogP contribution in [0.25, 0.3) is 10.9 Å². The van der Waals surface area contributed by atoms with Crippen molar-refractivity contribution in [2.75, 3.05) is 0 Å². The highest BCUT2D eigenvalue weighted by Gasteiger charge is 2.05. The first-order valence-electron chi connectivity index (χ1n) is 5.57. The largest absolute Gasteiger partial charge is 0.343 e. The van der Waals surface area contributed by atoms with E-state index >= 15 is 0 Å². The Kier molecular flexibility index (Phi) is 2.76. The molecule has 0 N–H and O–H groups in total. The van der Waals surface area contributed by atoms with Gasteiger partial charge in [0.1, 0.15) is 5.82 Å². The molecule has 3 aromatic rings. The van der Waals surface area contributed by atoms with Crippen molar-refractivity contribution >= 4 is 22.5 Å². The predicted octanol–water partition coefficient (Wildman–Crippen LogP) is 3.88. The zero-order valence-corrected chi connectivity index (χ0v) is 10.2. The van der Waals surface area contributed by atoms with Crippen molar-refractivity contribution in [3.8, 4) is 0 Å². The molecule has 0 bridgehead atoms. The van der Waals surface area contributed by atoms with Crippen LogP contribution in [0.2, 0.25) is 5.02 Å². The Bertz CT molecular complexity index is 706. The minimum absolute atomic E-state index is 0.233. The summed E-state index contributed by atoms with van der Waals surface area (Å²) in [6.07, 6.45) is 5.25. The van der Waals surface area contributed by atoms with Crippen LogP contribution in [-0.4, -0.2) is 9.55 Å². The number of rotatable bonds is 2. The van der Waals surface area contributed by atoms with E-state index < -0.39 is 0 Å². The summed E-state index contributed by atoms with van der Waals surface area (Å²) < 4.78 is 15.2. The maximum atomic E-state index is 13.3. The van der Waals surface area contributed by atoms with Gasteiger partial charge in [-0.3, -0.25) is 4.98 Å². The normalized spacial score (nSPS) is 11.0. The first kappa shape index (κ1) is 11.2. The van der Waals surface area contributed by atoms with Crippen molar-refractivity contribution in [2.45, 2.75) is 6.54 Å². The van der Waals surface area contributed by atoms with Gasteiger partial charge in [-0.1, -0.05) is 11.6 Å². The second-order valence-corrected chi connectivity index (χ2v) is 4.52. The van der Waals surface area contributed by atoms with E-state index in [1.165, 1.54) is 12.1 Å². The number of pyridine rings is 1. The summed E-state index contributed by atoms with van der Waals surface area (Å²) in [6, 6.07) is 8.60. The highest BCUT2D eigenvalue weighted by atomic mass is 35.5. The van der Waals surface area contributed by atoms with E-state index in [0.717, 1.165) is 16.5 Å². The fourth-order valence-electron chi connectivity index (χ4n) is 2.01. The van der Waals surface area contributed by atoms with Gasteiger partial charge in [0, 0.05) is 25.1 Å². The third-order valence-corrected chi connectivity index (χ3v) is 3.27. The summed E-state index contributed by atoms with van der Waals surface area (Å²) in [5.74, 6) is -0.233. The van der Waals surface area contributed by atoms with Crippen molar-refractivity contribution in [1.82, 2.24) is 9.55 Å². The van der Waals surface area contributed by atoms with E-state index in [0.29, 0.717) is 11.6 Å². The van der Waals surface area contributed by atoms with Gasteiger partial charge in [0.25, 0.3) is 0 Å². The van der Waals surface area contributed by atoms with E-state index in [2.05, 4.69) is 4.98 Å². The molecule has 0 saturated carbocycles. The maximum absolute atomic E-state index is 13.3. The summed E-state index contributed by atoms with van der Waals surface area (Å²) in [7, 11) is 0. The Labute approximate surface area is 109 Å². The predicted molar refractivity (Wildman–Crippen MR) is 70.2 cm³/mol. The van der Waals surface area contributed by atoms with Crippen LogP contribution in [0.4, 0.5) is 4.39 Å². The molecule has 0 amide bonds. The lowest BCUT2D eigenvalue weighted by Gasteiger charge is -2.07. The van der Waals surface area contributed by atoms with Gasteiger partial charge < -0.3 is 4.57 Å². The Morgan fingerprint density at radius 1 is 1.22 bits per heavy atom. The molecule has 3 rings (SSSR count). The minimum atomic E-state index is -0.233. The van der Waals surface area contributed by atoms with Crippen molar-refractivity contribution in [3.05, 3.63) is 65.3 Å². The van der Waals surface area contributed by atoms with E-state index in [1.54, 1.807) is 18.5 Å². The van der Waals surface area contributed by atoms with Crippen LogP contribution in [-0.2, 0) is 6.54 Å². The lowest BCUT2D eigenvalue weighted by Crippen LogP contribution is -1.99. The van der Waals surface area contributed by atoms with Gasteiger partial charge in [0.15, 0.2) is 0 Å². The summed E-state index contributed by atoms with van der Waals surface area (Å²) >= 11 is 6.07. The molecule has 0 fully saturated rings. The highest BCUT2D eigenvalue weighted by Crippen LogP contribution is 2.21. The van der Waals surface area contributed by atoms with Crippen LogP contribution >= 0.6 is 11.6 Å². The molecule has 4 heteroatoms. The number of nitrogens with zero attached hydrogens (tertiary/aromatic N) is 2. The summed E-state index contributed by atoms with van der Waals surface area (Å²) in [6.45, 7) is 0.605. The summed E-state index contributed by atoms with van der Waals surface area (Å²) in [4.78, 5) is 3.95. The van der Waals surface area contributed by atoms with Crippen molar-refractivity contribution in [1.29, 1.82) is 0 Å². The molecule has 0 aliphatic carbocycles. The van der Waals surface area contributed by atoms with Gasteiger partial charge in [-0.25, -0.2) is 4.39 Å². The monoisotopic (exact) mass is 260 g/mol. The SMILES string of the molecule is Fc1ccc2ccn(Cc3ccncc3Cl)c2c1. The number of aromatic nitrogens is 2. The Hall–Kier alpha value is -1.87. The number of hydrogen-bond acceptors (Lipinski definition) is 1. The van der Waals surface area contributed by atoms with Crippen LogP contribution in [0.15, 0.2) is 48.9 Å². The fraction of sp³-hybridized carbons (Fsp3) is 0.0714. The number of benzene rings is 1. The molecule has 2 aromatic heterocycles. The van der Waals surface area contributed by atoms with E-state index in [4.69, 9.17) is 11.6 Å². The molecule has 18 heavy (non-hydrogen) atoms. The second kappa shape index (κ2) is 4.42. The smallest absolute Gasteiger partial charge is 0.125 e. The van der Waals surface area contributed by atoms with Gasteiger partial charge in [-0.15, -0.1) is 0 Å². The molecule has 0 radical (unpaired) electrons. The molecule has 0 spiro atoms. The number of hydrogen-bond donors (Lipinski definition) is 0. The molecule has 0 atom stereocenters. The Balaban J connectivity index is 2.05. The fourth-order valence-corrected chi connectivity index (χ4v) is 2.19. The first-order chi connectivity index (χ1) is 8.74. The third kappa shape index (κ3) is 1.97. The zero-order valence-electron chi connectivity index (χ0n) is 9.48. The van der Waals surface area contributed by atoms with Crippen molar-refractivity contribution < 1.29 is 4.39 Å². The molecule has 0 aliphatic heterocycles. The zero-order chi connectivity index (χ0) is 12.5. The average molecular weight is 261 g/mol. The number of fused-ring (bicyclic) bond motifs is 1. The molecular formula is C14H10ClFN2. The third-order valence-electron chi connectivity index (χ3n) is 2.93. The van der Waals surface area contributed by atoms with Crippen molar-refractivity contribution in [3.63, 3.8) is 0 Å². The Morgan fingerprint density at radius 2 is 2.11 bits per heavy atom. The number of halogens is 2. The molecule has 2 nitrogen and oxygen atoms in total. The van der Waals surface area contributed by atoms with Crippen LogP contribution < -0.4 is 0 Å². The standard InChI is InChI=1S/C14H10ClFN2/c15-13-8-17-5-3-11(13)9-18-6-4-10-1-2-12(16)7-14(10)18/h1-8H,9H2. The molecular weight excluding hydrogens is 251 g/mol. The van der Waals surface area contributed by atoms with Gasteiger partial charge in [-0.2, -0.15) is 0 Å². The van der Waals surface area contributed by atoms with Crippen molar-refractivity contribution in [2.24, 2.45) is 0 Å². The van der Waals surface area contributed by atoms with Crippen LogP contribution in [0.1, 0.15) is 5.56 Å². The molecule has 90 valence electrons. The molecule has 2 heterocycles. The van der Waals surface area contributed by atoms with E-state index in [1.807, 2.05) is 22.9 Å². The van der Waals surface area contributed by atoms with Crippen LogP contribution in [0, 0.1) is 5.82 Å². The average Bonchev–Trinajstić information content (AvgIpc) is 2.75. The quantitative estimate of drug-likeness (QED) is 0.684. The summed E-state index contributed by atoms with van der Waals surface area (Å²) in [5.41, 5.74) is 1.83. The van der Waals surface area contributed by atoms with Gasteiger partial charge in [0.05, 0.1) is 10.5 Å². The molecule has 1 aromatic carbocycles. The lowest BCUT2D eigenvalue weighted by molar-refractivity contribution is 0.628. The van der Waals surface area contributed by atoms with Gasteiger partial charge >= 0.3 is 0 Å². The van der Waals surface area contributed by atoms with Crippen LogP contribution in [0.3, 0.4) is 0 Å². The second-order valence-electron chi connectivity index (χ2n) is 4.11. The summed E-state index contributed by atoms with van der Waals surface area (Å²) in [5, 5.41) is 1.64. The lowest BCUT2D eigenvalue weighted by atomic mass is 10.2. The Morgan fingerprint density at radius 3 is 2.94 bits per heavy atom. The highest BCUT2D eigenvalue weighted by molar-refractivity contribution is 6.31. The first-order valence-corrected chi connectivity index (χ1v) is 5.94. The maximum Gasteiger partial charge on any atom is 0.125 e. The molecule has 0 saturated heterocycles. The van der Waals surface area contributed by atoms with E-state index in [9.17, 15) is 4.39 Å².